The van der Waals surface area contributed by atoms with Gasteiger partial charge in [-0.05, 0) is 36.4 Å². The summed E-state index contributed by atoms with van der Waals surface area (Å²) in [5.41, 5.74) is 2.25. The molecule has 3 aromatic rings. The summed E-state index contributed by atoms with van der Waals surface area (Å²) in [5.74, 6) is -0.242. The topological polar surface area (TPSA) is 40.8 Å². The molecule has 3 rings (SSSR count). The van der Waals surface area contributed by atoms with Crippen LogP contribution in [0, 0.1) is 17.1 Å². The van der Waals surface area contributed by atoms with Gasteiger partial charge in [-0.25, -0.2) is 4.39 Å². The van der Waals surface area contributed by atoms with Crippen molar-refractivity contribution in [1.82, 2.24) is 4.57 Å². The second-order valence-corrected chi connectivity index (χ2v) is 4.80. The van der Waals surface area contributed by atoms with E-state index in [4.69, 9.17) is 5.26 Å². The van der Waals surface area contributed by atoms with Crippen molar-refractivity contribution in [3.63, 3.8) is 0 Å². The highest BCUT2D eigenvalue weighted by Gasteiger charge is 2.03. The summed E-state index contributed by atoms with van der Waals surface area (Å²) < 4.78 is 15.6. The van der Waals surface area contributed by atoms with Gasteiger partial charge in [0.2, 0.25) is 0 Å². The number of anilines is 1. The molecule has 1 N–H and O–H groups in total. The van der Waals surface area contributed by atoms with Gasteiger partial charge in [0, 0.05) is 30.2 Å². The normalized spacial score (nSPS) is 10.5. The number of nitrogens with zero attached hydrogens (tertiary/aromatic N) is 2. The lowest BCUT2D eigenvalue weighted by molar-refractivity contribution is 0.628. The van der Waals surface area contributed by atoms with Gasteiger partial charge in [0.25, 0.3) is 0 Å². The van der Waals surface area contributed by atoms with Crippen LogP contribution in [-0.4, -0.2) is 11.1 Å². The van der Waals surface area contributed by atoms with Crippen LogP contribution in [0.4, 0.5) is 10.1 Å². The molecule has 0 saturated carbocycles. The molecule has 1 heterocycles. The van der Waals surface area contributed by atoms with Crippen LogP contribution in [0.25, 0.3) is 10.9 Å². The van der Waals surface area contributed by atoms with Crippen LogP contribution in [0.15, 0.2) is 54.7 Å². The first-order valence-corrected chi connectivity index (χ1v) is 6.75. The summed E-state index contributed by atoms with van der Waals surface area (Å²) >= 11 is 0. The molecule has 0 saturated heterocycles. The highest BCUT2D eigenvalue weighted by Crippen LogP contribution is 2.18. The highest BCUT2D eigenvalue weighted by molar-refractivity contribution is 5.81. The van der Waals surface area contributed by atoms with Crippen molar-refractivity contribution in [1.29, 1.82) is 5.26 Å². The number of hydrogen-bond acceptors (Lipinski definition) is 2. The maximum absolute atomic E-state index is 13.5. The molecule has 3 nitrogen and oxygen atoms in total. The van der Waals surface area contributed by atoms with Crippen LogP contribution in [-0.2, 0) is 6.54 Å². The standard InChI is InChI=1S/C17H14FN3/c18-15-3-1-2-4-16(15)20-8-10-21-9-7-14-11-13(12-19)5-6-17(14)21/h1-7,9,11,20H,8,10H2. The minimum Gasteiger partial charge on any atom is -0.381 e. The molecule has 0 aliphatic rings. The average Bonchev–Trinajstić information content (AvgIpc) is 2.91. The second kappa shape index (κ2) is 5.68. The van der Waals surface area contributed by atoms with Crippen molar-refractivity contribution in [3.05, 3.63) is 66.1 Å². The average molecular weight is 279 g/mol. The second-order valence-electron chi connectivity index (χ2n) is 4.80. The van der Waals surface area contributed by atoms with E-state index in [0.29, 0.717) is 17.8 Å². The third-order valence-corrected chi connectivity index (χ3v) is 3.44. The summed E-state index contributed by atoms with van der Waals surface area (Å²) in [7, 11) is 0. The maximum Gasteiger partial charge on any atom is 0.146 e. The van der Waals surface area contributed by atoms with Crippen LogP contribution in [0.2, 0.25) is 0 Å². The Kier molecular flexibility index (Phi) is 3.57. The molecule has 1 aromatic heterocycles. The SMILES string of the molecule is N#Cc1ccc2c(ccn2CCNc2ccccc2F)c1. The predicted molar refractivity (Wildman–Crippen MR) is 81.5 cm³/mol. The molecule has 4 heteroatoms. The number of para-hydroxylation sites is 1. The Balaban J connectivity index is 1.71. The van der Waals surface area contributed by atoms with E-state index in [2.05, 4.69) is 16.0 Å². The van der Waals surface area contributed by atoms with Gasteiger partial charge in [-0.15, -0.1) is 0 Å². The van der Waals surface area contributed by atoms with Gasteiger partial charge in [-0.1, -0.05) is 12.1 Å². The minimum absolute atomic E-state index is 0.242. The van der Waals surface area contributed by atoms with E-state index in [-0.39, 0.29) is 5.82 Å². The lowest BCUT2D eigenvalue weighted by Gasteiger charge is -2.09. The van der Waals surface area contributed by atoms with Crippen LogP contribution < -0.4 is 5.32 Å². The van der Waals surface area contributed by atoms with Crippen LogP contribution in [0.3, 0.4) is 0 Å². The number of aromatic nitrogens is 1. The predicted octanol–water partition coefficient (Wildman–Crippen LogP) is 3.76. The van der Waals surface area contributed by atoms with Gasteiger partial charge in [-0.3, -0.25) is 0 Å². The first kappa shape index (κ1) is 13.2. The fraction of sp³-hybridized carbons (Fsp3) is 0.118. The highest BCUT2D eigenvalue weighted by atomic mass is 19.1. The summed E-state index contributed by atoms with van der Waals surface area (Å²) in [6.07, 6.45) is 1.98. The summed E-state index contributed by atoms with van der Waals surface area (Å²) in [6, 6.07) is 16.4. The van der Waals surface area contributed by atoms with E-state index in [9.17, 15) is 4.39 Å². The molecule has 0 atom stereocenters. The zero-order valence-electron chi connectivity index (χ0n) is 11.4. The molecule has 0 spiro atoms. The van der Waals surface area contributed by atoms with Gasteiger partial charge < -0.3 is 9.88 Å². The fourth-order valence-corrected chi connectivity index (χ4v) is 2.38. The molecule has 21 heavy (non-hydrogen) atoms. The van der Waals surface area contributed by atoms with Crippen LogP contribution in [0.1, 0.15) is 5.56 Å². The van der Waals surface area contributed by atoms with Gasteiger partial charge in [0.15, 0.2) is 0 Å². The zero-order chi connectivity index (χ0) is 14.7. The molecular weight excluding hydrogens is 265 g/mol. The zero-order valence-corrected chi connectivity index (χ0v) is 11.4. The first-order chi connectivity index (χ1) is 10.3. The number of halogens is 1. The third kappa shape index (κ3) is 2.72. The quantitative estimate of drug-likeness (QED) is 0.790. The number of benzene rings is 2. The molecule has 0 amide bonds. The molecule has 0 unspecified atom stereocenters. The van der Waals surface area contributed by atoms with Crippen LogP contribution >= 0.6 is 0 Å². The first-order valence-electron chi connectivity index (χ1n) is 6.75. The van der Waals surface area contributed by atoms with Gasteiger partial charge >= 0.3 is 0 Å². The number of fused-ring (bicyclic) bond motifs is 1. The molecule has 2 aromatic carbocycles. The summed E-state index contributed by atoms with van der Waals surface area (Å²) in [5, 5.41) is 13.0. The van der Waals surface area contributed by atoms with Crippen molar-refractivity contribution in [2.24, 2.45) is 0 Å². The maximum atomic E-state index is 13.5. The Morgan fingerprint density at radius 1 is 1.14 bits per heavy atom. The van der Waals surface area contributed by atoms with Crippen molar-refractivity contribution >= 4 is 16.6 Å². The van der Waals surface area contributed by atoms with E-state index in [1.165, 1.54) is 6.07 Å². The lowest BCUT2D eigenvalue weighted by atomic mass is 10.2. The Morgan fingerprint density at radius 2 is 2.00 bits per heavy atom. The molecular formula is C17H14FN3. The molecule has 104 valence electrons. The Bertz CT molecular complexity index is 814. The minimum atomic E-state index is -0.242. The van der Waals surface area contributed by atoms with E-state index in [1.807, 2.05) is 30.5 Å². The van der Waals surface area contributed by atoms with E-state index >= 15 is 0 Å². The number of nitrogens with one attached hydrogen (secondary N) is 1. The summed E-state index contributed by atoms with van der Waals surface area (Å²) in [6.45, 7) is 1.36. The lowest BCUT2D eigenvalue weighted by Crippen LogP contribution is -2.10. The van der Waals surface area contributed by atoms with Crippen molar-refractivity contribution in [3.8, 4) is 6.07 Å². The molecule has 0 fully saturated rings. The monoisotopic (exact) mass is 279 g/mol. The number of hydrogen-bond donors (Lipinski definition) is 1. The van der Waals surface area contributed by atoms with E-state index in [0.717, 1.165) is 17.4 Å². The van der Waals surface area contributed by atoms with Gasteiger partial charge in [0.1, 0.15) is 5.82 Å². The fourth-order valence-electron chi connectivity index (χ4n) is 2.38. The summed E-state index contributed by atoms with van der Waals surface area (Å²) in [4.78, 5) is 0. The Morgan fingerprint density at radius 3 is 2.81 bits per heavy atom. The van der Waals surface area contributed by atoms with Crippen molar-refractivity contribution in [2.45, 2.75) is 6.54 Å². The van der Waals surface area contributed by atoms with E-state index in [1.54, 1.807) is 18.2 Å². The molecule has 0 radical (unpaired) electrons. The van der Waals surface area contributed by atoms with Gasteiger partial charge in [0.05, 0.1) is 17.3 Å². The molecule has 0 bridgehead atoms. The van der Waals surface area contributed by atoms with Gasteiger partial charge in [-0.2, -0.15) is 5.26 Å². The van der Waals surface area contributed by atoms with E-state index < -0.39 is 0 Å². The Labute approximate surface area is 122 Å². The van der Waals surface area contributed by atoms with Crippen molar-refractivity contribution < 1.29 is 4.39 Å². The third-order valence-electron chi connectivity index (χ3n) is 3.44. The van der Waals surface area contributed by atoms with Crippen LogP contribution in [0.5, 0.6) is 0 Å². The molecule has 0 aliphatic heterocycles. The largest absolute Gasteiger partial charge is 0.381 e. The molecule has 0 aliphatic carbocycles. The smallest absolute Gasteiger partial charge is 0.146 e. The number of rotatable bonds is 4. The number of nitriles is 1. The Hall–Kier alpha value is -2.80. The van der Waals surface area contributed by atoms with Crippen molar-refractivity contribution in [2.75, 3.05) is 11.9 Å².